The molecule has 0 saturated carbocycles. The van der Waals surface area contributed by atoms with Crippen molar-refractivity contribution in [2.75, 3.05) is 5.32 Å². The molecule has 1 aliphatic carbocycles. The molecule has 1 N–H and O–H groups in total. The topological polar surface area (TPSA) is 35.8 Å². The molecule has 2 aromatic carbocycles. The van der Waals surface area contributed by atoms with Gasteiger partial charge >= 0.3 is 0 Å². The van der Waals surface area contributed by atoms with Crippen molar-refractivity contribution in [2.45, 2.75) is 25.8 Å². The van der Waals surface area contributed by atoms with Crippen LogP contribution in [0.4, 0.5) is 10.1 Å². The number of nitriles is 1. The minimum atomic E-state index is -0.385. The van der Waals surface area contributed by atoms with Gasteiger partial charge in [-0.25, -0.2) is 4.39 Å². The van der Waals surface area contributed by atoms with E-state index in [1.165, 1.54) is 41.7 Å². The summed E-state index contributed by atoms with van der Waals surface area (Å²) in [5, 5.41) is 12.2. The molecule has 0 spiro atoms. The van der Waals surface area contributed by atoms with Crippen LogP contribution in [0, 0.1) is 17.1 Å². The second-order valence-electron chi connectivity index (χ2n) is 5.11. The number of halogens is 1. The molecule has 0 atom stereocenters. The monoisotopic (exact) mass is 266 g/mol. The normalized spacial score (nSPS) is 12.8. The van der Waals surface area contributed by atoms with Crippen LogP contribution < -0.4 is 5.32 Å². The summed E-state index contributed by atoms with van der Waals surface area (Å²) in [5.41, 5.74) is 5.09. The minimum Gasteiger partial charge on any atom is -0.380 e. The molecule has 0 fully saturated rings. The number of nitrogens with one attached hydrogen (secondary N) is 1. The highest BCUT2D eigenvalue weighted by Gasteiger charge is 2.11. The molecule has 0 bridgehead atoms. The maximum Gasteiger partial charge on any atom is 0.124 e. The van der Waals surface area contributed by atoms with Crippen LogP contribution in [-0.4, -0.2) is 0 Å². The van der Waals surface area contributed by atoms with E-state index in [4.69, 9.17) is 5.26 Å². The summed E-state index contributed by atoms with van der Waals surface area (Å²) in [4.78, 5) is 0. The van der Waals surface area contributed by atoms with E-state index >= 15 is 0 Å². The summed E-state index contributed by atoms with van der Waals surface area (Å²) in [6, 6.07) is 12.8. The number of hydrogen-bond acceptors (Lipinski definition) is 2. The van der Waals surface area contributed by atoms with Crippen molar-refractivity contribution < 1.29 is 4.39 Å². The smallest absolute Gasteiger partial charge is 0.124 e. The van der Waals surface area contributed by atoms with Gasteiger partial charge in [0.25, 0.3) is 0 Å². The number of nitrogens with zero attached hydrogens (tertiary/aromatic N) is 1. The first kappa shape index (κ1) is 12.7. The summed E-state index contributed by atoms with van der Waals surface area (Å²) in [6.07, 6.45) is 3.57. The predicted octanol–water partition coefficient (Wildman–Crippen LogP) is 3.80. The summed E-state index contributed by atoms with van der Waals surface area (Å²) >= 11 is 0. The van der Waals surface area contributed by atoms with Crippen LogP contribution in [0.25, 0.3) is 0 Å². The highest BCUT2D eigenvalue weighted by Crippen LogP contribution is 2.23. The van der Waals surface area contributed by atoms with Crippen LogP contribution in [0.1, 0.15) is 28.7 Å². The summed E-state index contributed by atoms with van der Waals surface area (Å²) in [5.74, 6) is -0.385. The fourth-order valence-corrected chi connectivity index (χ4v) is 2.70. The molecule has 1 aliphatic rings. The van der Waals surface area contributed by atoms with Gasteiger partial charge in [0, 0.05) is 6.54 Å². The van der Waals surface area contributed by atoms with Gasteiger partial charge in [-0.2, -0.15) is 5.26 Å². The number of aryl methyl sites for hydroxylation is 2. The van der Waals surface area contributed by atoms with Crippen molar-refractivity contribution >= 4 is 5.69 Å². The Morgan fingerprint density at radius 1 is 1.10 bits per heavy atom. The highest BCUT2D eigenvalue weighted by atomic mass is 19.1. The highest BCUT2D eigenvalue weighted by molar-refractivity contribution is 5.57. The summed E-state index contributed by atoms with van der Waals surface area (Å²) in [6.45, 7) is 0.646. The average Bonchev–Trinajstić information content (AvgIpc) is 2.93. The van der Waals surface area contributed by atoms with Crippen molar-refractivity contribution in [1.29, 1.82) is 5.26 Å². The Hall–Kier alpha value is -2.34. The Labute approximate surface area is 117 Å². The first-order valence-corrected chi connectivity index (χ1v) is 6.80. The lowest BCUT2D eigenvalue weighted by Crippen LogP contribution is -2.02. The zero-order chi connectivity index (χ0) is 13.9. The molecule has 3 heteroatoms. The Morgan fingerprint density at radius 2 is 1.95 bits per heavy atom. The van der Waals surface area contributed by atoms with Gasteiger partial charge in [0.1, 0.15) is 11.9 Å². The van der Waals surface area contributed by atoms with E-state index in [1.54, 1.807) is 6.07 Å². The van der Waals surface area contributed by atoms with Crippen LogP contribution >= 0.6 is 0 Å². The van der Waals surface area contributed by atoms with E-state index in [2.05, 4.69) is 23.5 Å². The van der Waals surface area contributed by atoms with Gasteiger partial charge in [-0.05, 0) is 54.2 Å². The van der Waals surface area contributed by atoms with Gasteiger partial charge in [-0.15, -0.1) is 0 Å². The van der Waals surface area contributed by atoms with Gasteiger partial charge in [0.15, 0.2) is 0 Å². The molecule has 2 aromatic rings. The van der Waals surface area contributed by atoms with E-state index < -0.39 is 0 Å². The van der Waals surface area contributed by atoms with E-state index in [1.807, 2.05) is 6.07 Å². The molecule has 0 amide bonds. The zero-order valence-electron chi connectivity index (χ0n) is 11.1. The molecule has 0 saturated heterocycles. The zero-order valence-corrected chi connectivity index (χ0v) is 11.1. The van der Waals surface area contributed by atoms with E-state index in [0.717, 1.165) is 6.42 Å². The second-order valence-corrected chi connectivity index (χ2v) is 5.11. The fraction of sp³-hybridized carbons (Fsp3) is 0.235. The Kier molecular flexibility index (Phi) is 3.39. The van der Waals surface area contributed by atoms with Crippen LogP contribution in [0.15, 0.2) is 36.4 Å². The Morgan fingerprint density at radius 3 is 2.80 bits per heavy atom. The molecule has 100 valence electrons. The standard InChI is InChI=1S/C17H15FN2/c18-16-6-7-17(15(9-16)10-19)20-11-12-4-5-13-2-1-3-14(13)8-12/h4-9,20H,1-3,11H2. The lowest BCUT2D eigenvalue weighted by molar-refractivity contribution is 0.627. The largest absolute Gasteiger partial charge is 0.380 e. The Balaban J connectivity index is 1.75. The number of rotatable bonds is 3. The van der Waals surface area contributed by atoms with Crippen molar-refractivity contribution in [1.82, 2.24) is 0 Å². The van der Waals surface area contributed by atoms with E-state index in [9.17, 15) is 4.39 Å². The number of hydrogen-bond donors (Lipinski definition) is 1. The third kappa shape index (κ3) is 2.50. The van der Waals surface area contributed by atoms with Crippen LogP contribution in [0.2, 0.25) is 0 Å². The lowest BCUT2D eigenvalue weighted by atomic mass is 10.1. The summed E-state index contributed by atoms with van der Waals surface area (Å²) in [7, 11) is 0. The SMILES string of the molecule is N#Cc1cc(F)ccc1NCc1ccc2c(c1)CCC2. The van der Waals surface area contributed by atoms with Gasteiger partial charge in [0.05, 0.1) is 11.3 Å². The average molecular weight is 266 g/mol. The molecule has 0 unspecified atom stereocenters. The van der Waals surface area contributed by atoms with Gasteiger partial charge in [-0.3, -0.25) is 0 Å². The molecular weight excluding hydrogens is 251 g/mol. The van der Waals surface area contributed by atoms with Crippen molar-refractivity contribution in [3.8, 4) is 6.07 Å². The molecule has 0 radical (unpaired) electrons. The minimum absolute atomic E-state index is 0.339. The van der Waals surface area contributed by atoms with Crippen LogP contribution in [0.5, 0.6) is 0 Å². The lowest BCUT2D eigenvalue weighted by Gasteiger charge is -2.09. The third-order valence-electron chi connectivity index (χ3n) is 3.75. The molecule has 0 heterocycles. The van der Waals surface area contributed by atoms with Gasteiger partial charge < -0.3 is 5.32 Å². The second kappa shape index (κ2) is 5.34. The molecule has 0 aliphatic heterocycles. The number of fused-ring (bicyclic) bond motifs is 1. The van der Waals surface area contributed by atoms with Crippen LogP contribution in [-0.2, 0) is 19.4 Å². The first-order chi connectivity index (χ1) is 9.76. The van der Waals surface area contributed by atoms with Gasteiger partial charge in [0.2, 0.25) is 0 Å². The maximum atomic E-state index is 13.1. The first-order valence-electron chi connectivity index (χ1n) is 6.80. The predicted molar refractivity (Wildman–Crippen MR) is 76.9 cm³/mol. The third-order valence-corrected chi connectivity index (χ3v) is 3.75. The maximum absolute atomic E-state index is 13.1. The van der Waals surface area contributed by atoms with E-state index in [0.29, 0.717) is 17.8 Å². The molecular formula is C17H15FN2. The van der Waals surface area contributed by atoms with Crippen molar-refractivity contribution in [3.05, 3.63) is 64.5 Å². The Bertz CT molecular complexity index is 686. The quantitative estimate of drug-likeness (QED) is 0.917. The molecule has 0 aromatic heterocycles. The van der Waals surface area contributed by atoms with Gasteiger partial charge in [-0.1, -0.05) is 18.2 Å². The van der Waals surface area contributed by atoms with Crippen molar-refractivity contribution in [2.24, 2.45) is 0 Å². The van der Waals surface area contributed by atoms with Crippen molar-refractivity contribution in [3.63, 3.8) is 0 Å². The number of anilines is 1. The van der Waals surface area contributed by atoms with Crippen LogP contribution in [0.3, 0.4) is 0 Å². The molecule has 3 rings (SSSR count). The molecule has 2 nitrogen and oxygen atoms in total. The van der Waals surface area contributed by atoms with E-state index in [-0.39, 0.29) is 5.82 Å². The number of benzene rings is 2. The summed E-state index contributed by atoms with van der Waals surface area (Å²) < 4.78 is 13.1. The molecule has 20 heavy (non-hydrogen) atoms. The fourth-order valence-electron chi connectivity index (χ4n) is 2.70.